The van der Waals surface area contributed by atoms with E-state index in [1.165, 1.54) is 0 Å². The van der Waals surface area contributed by atoms with Crippen LogP contribution in [0.5, 0.6) is 0 Å². The average molecular weight is 164 g/mol. The molecule has 0 amide bonds. The van der Waals surface area contributed by atoms with Gasteiger partial charge in [0.15, 0.2) is 0 Å². The molecule has 0 aromatic heterocycles. The summed E-state index contributed by atoms with van der Waals surface area (Å²) in [4.78, 5) is 0. The van der Waals surface area contributed by atoms with Crippen molar-refractivity contribution in [2.45, 2.75) is 0 Å². The molecule has 0 atom stereocenters. The van der Waals surface area contributed by atoms with Gasteiger partial charge >= 0.3 is 0 Å². The van der Waals surface area contributed by atoms with Gasteiger partial charge in [-0.05, 0) is 24.3 Å². The molecular formula is C8H12N4. The molecule has 0 unspecified atom stereocenters. The molecule has 0 heterocycles. The number of hydrogen-bond donors (Lipinski definition) is 3. The van der Waals surface area contributed by atoms with Crippen molar-refractivity contribution in [2.75, 3.05) is 12.4 Å². The zero-order valence-electron chi connectivity index (χ0n) is 6.91. The third kappa shape index (κ3) is 1.66. The molecule has 4 nitrogen and oxygen atoms in total. The van der Waals surface area contributed by atoms with Gasteiger partial charge in [0.1, 0.15) is 5.84 Å². The lowest BCUT2D eigenvalue weighted by Gasteiger charge is -2.01. The lowest BCUT2D eigenvalue weighted by Crippen LogP contribution is -2.15. The topological polar surface area (TPSA) is 76.4 Å². The first-order chi connectivity index (χ1) is 5.77. The van der Waals surface area contributed by atoms with Crippen LogP contribution in [0.25, 0.3) is 0 Å². The van der Waals surface area contributed by atoms with Gasteiger partial charge in [0, 0.05) is 18.3 Å². The molecule has 64 valence electrons. The van der Waals surface area contributed by atoms with Gasteiger partial charge in [-0.1, -0.05) is 0 Å². The molecule has 0 spiro atoms. The molecule has 0 aliphatic heterocycles. The van der Waals surface area contributed by atoms with Crippen LogP contribution in [-0.4, -0.2) is 12.9 Å². The molecule has 0 aliphatic rings. The van der Waals surface area contributed by atoms with Crippen LogP contribution in [0.2, 0.25) is 0 Å². The van der Waals surface area contributed by atoms with Crippen LogP contribution in [0.4, 0.5) is 5.69 Å². The van der Waals surface area contributed by atoms with E-state index in [4.69, 9.17) is 11.6 Å². The van der Waals surface area contributed by atoms with Gasteiger partial charge in [-0.3, -0.25) is 0 Å². The number of nitrogens with one attached hydrogen (secondary N) is 1. The number of hydrazone groups is 1. The van der Waals surface area contributed by atoms with Crippen LogP contribution in [-0.2, 0) is 0 Å². The van der Waals surface area contributed by atoms with Gasteiger partial charge in [0.2, 0.25) is 0 Å². The highest BCUT2D eigenvalue weighted by Gasteiger charge is 1.96. The maximum absolute atomic E-state index is 5.49. The van der Waals surface area contributed by atoms with E-state index in [2.05, 4.69) is 10.4 Å². The van der Waals surface area contributed by atoms with Crippen molar-refractivity contribution >= 4 is 11.5 Å². The largest absolute Gasteiger partial charge is 0.388 e. The molecule has 4 heteroatoms. The molecule has 0 bridgehead atoms. The van der Waals surface area contributed by atoms with Crippen molar-refractivity contribution in [1.82, 2.24) is 0 Å². The highest BCUT2D eigenvalue weighted by Crippen LogP contribution is 2.07. The minimum atomic E-state index is 0.345. The second-order valence-electron chi connectivity index (χ2n) is 2.34. The Hall–Kier alpha value is -1.71. The van der Waals surface area contributed by atoms with Crippen LogP contribution >= 0.6 is 0 Å². The summed E-state index contributed by atoms with van der Waals surface area (Å²) in [6.45, 7) is 0. The Kier molecular flexibility index (Phi) is 2.53. The van der Waals surface area contributed by atoms with Crippen LogP contribution in [0.1, 0.15) is 5.56 Å². The van der Waals surface area contributed by atoms with Crippen molar-refractivity contribution in [3.63, 3.8) is 0 Å². The van der Waals surface area contributed by atoms with E-state index >= 15 is 0 Å². The van der Waals surface area contributed by atoms with Gasteiger partial charge in [-0.25, -0.2) is 0 Å². The summed E-state index contributed by atoms with van der Waals surface area (Å²) in [6, 6.07) is 7.54. The van der Waals surface area contributed by atoms with E-state index in [0.717, 1.165) is 11.3 Å². The highest BCUT2D eigenvalue weighted by molar-refractivity contribution is 5.97. The quantitative estimate of drug-likeness (QED) is 0.255. The summed E-state index contributed by atoms with van der Waals surface area (Å²) in [7, 11) is 1.86. The van der Waals surface area contributed by atoms with E-state index in [1.54, 1.807) is 0 Å². The van der Waals surface area contributed by atoms with Crippen molar-refractivity contribution in [2.24, 2.45) is 16.7 Å². The molecule has 0 aliphatic carbocycles. The second-order valence-corrected chi connectivity index (χ2v) is 2.34. The summed E-state index contributed by atoms with van der Waals surface area (Å²) < 4.78 is 0. The maximum Gasteiger partial charge on any atom is 0.150 e. The van der Waals surface area contributed by atoms with Crippen molar-refractivity contribution in [1.29, 1.82) is 0 Å². The van der Waals surface area contributed by atoms with E-state index < -0.39 is 0 Å². The van der Waals surface area contributed by atoms with Crippen molar-refractivity contribution in [3.8, 4) is 0 Å². The molecule has 1 rings (SSSR count). The Bertz CT molecular complexity index is 276. The molecule has 0 radical (unpaired) electrons. The molecule has 0 saturated carbocycles. The minimum Gasteiger partial charge on any atom is -0.388 e. The molecule has 0 saturated heterocycles. The first-order valence-electron chi connectivity index (χ1n) is 3.59. The lowest BCUT2D eigenvalue weighted by molar-refractivity contribution is 1.23. The summed E-state index contributed by atoms with van der Waals surface area (Å²) in [5.41, 5.74) is 7.35. The monoisotopic (exact) mass is 164 g/mol. The highest BCUT2D eigenvalue weighted by atomic mass is 15.1. The Morgan fingerprint density at radius 3 is 2.33 bits per heavy atom. The summed E-state index contributed by atoms with van der Waals surface area (Å²) >= 11 is 0. The second kappa shape index (κ2) is 3.61. The number of hydrogen-bond acceptors (Lipinski definition) is 3. The van der Waals surface area contributed by atoms with E-state index in [9.17, 15) is 0 Å². The Morgan fingerprint density at radius 2 is 1.92 bits per heavy atom. The third-order valence-electron chi connectivity index (χ3n) is 1.61. The Morgan fingerprint density at radius 1 is 1.33 bits per heavy atom. The van der Waals surface area contributed by atoms with Crippen molar-refractivity contribution in [3.05, 3.63) is 29.8 Å². The predicted octanol–water partition coefficient (Wildman–Crippen LogP) is 0.307. The van der Waals surface area contributed by atoms with Gasteiger partial charge < -0.3 is 16.9 Å². The first kappa shape index (κ1) is 8.39. The first-order valence-corrected chi connectivity index (χ1v) is 3.59. The predicted molar refractivity (Wildman–Crippen MR) is 50.9 cm³/mol. The zero-order valence-corrected chi connectivity index (χ0v) is 6.91. The molecule has 1 aromatic rings. The SMILES string of the molecule is CNc1ccc(/C(N)=N/N)cc1. The van der Waals surface area contributed by atoms with E-state index in [1.807, 2.05) is 31.3 Å². The molecule has 12 heavy (non-hydrogen) atoms. The third-order valence-corrected chi connectivity index (χ3v) is 1.61. The smallest absolute Gasteiger partial charge is 0.150 e. The van der Waals surface area contributed by atoms with Gasteiger partial charge in [-0.2, -0.15) is 5.10 Å². The maximum atomic E-state index is 5.49. The van der Waals surface area contributed by atoms with Crippen LogP contribution in [0, 0.1) is 0 Å². The fourth-order valence-electron chi connectivity index (χ4n) is 0.882. The normalized spacial score (nSPS) is 11.2. The van der Waals surface area contributed by atoms with Gasteiger partial charge in [0.25, 0.3) is 0 Å². The summed E-state index contributed by atoms with van der Waals surface area (Å²) in [5.74, 6) is 5.37. The average Bonchev–Trinajstić information content (AvgIpc) is 2.17. The van der Waals surface area contributed by atoms with Gasteiger partial charge in [0.05, 0.1) is 0 Å². The van der Waals surface area contributed by atoms with Crippen LogP contribution < -0.4 is 16.9 Å². The Balaban J connectivity index is 2.92. The fraction of sp³-hybridized carbons (Fsp3) is 0.125. The molecule has 0 fully saturated rings. The molecule has 5 N–H and O–H groups in total. The standard InChI is InChI=1S/C8H12N4/c1-11-7-4-2-6(3-5-7)8(9)12-10/h2-5,11H,10H2,1H3,(H2,9,12). The van der Waals surface area contributed by atoms with Crippen molar-refractivity contribution < 1.29 is 0 Å². The summed E-state index contributed by atoms with van der Waals surface area (Å²) in [6.07, 6.45) is 0. The summed E-state index contributed by atoms with van der Waals surface area (Å²) in [5, 5.41) is 6.39. The van der Waals surface area contributed by atoms with Crippen LogP contribution in [0.3, 0.4) is 0 Å². The number of nitrogens with zero attached hydrogens (tertiary/aromatic N) is 1. The number of amidine groups is 1. The minimum absolute atomic E-state index is 0.345. The number of rotatable bonds is 2. The zero-order chi connectivity index (χ0) is 8.97. The number of nitrogens with two attached hydrogens (primary N) is 2. The number of benzene rings is 1. The van der Waals surface area contributed by atoms with E-state index in [-0.39, 0.29) is 0 Å². The molecule has 1 aromatic carbocycles. The molecular weight excluding hydrogens is 152 g/mol. The fourth-order valence-corrected chi connectivity index (χ4v) is 0.882. The lowest BCUT2D eigenvalue weighted by atomic mass is 10.2. The number of anilines is 1. The van der Waals surface area contributed by atoms with E-state index in [0.29, 0.717) is 5.84 Å². The van der Waals surface area contributed by atoms with Crippen LogP contribution in [0.15, 0.2) is 29.4 Å². The van der Waals surface area contributed by atoms with Gasteiger partial charge in [-0.15, -0.1) is 0 Å². The Labute approximate surface area is 71.3 Å².